The fraction of sp³-hybridized carbons (Fsp3) is 0.400. The lowest BCUT2D eigenvalue weighted by atomic mass is 10.1. The van der Waals surface area contributed by atoms with Crippen LogP contribution in [0.25, 0.3) is 0 Å². The van der Waals surface area contributed by atoms with Crippen LogP contribution in [0.2, 0.25) is 0 Å². The van der Waals surface area contributed by atoms with Gasteiger partial charge in [-0.2, -0.15) is 0 Å². The van der Waals surface area contributed by atoms with E-state index in [1.54, 1.807) is 0 Å². The molecule has 0 aromatic carbocycles. The van der Waals surface area contributed by atoms with E-state index < -0.39 is 12.0 Å². The summed E-state index contributed by atoms with van der Waals surface area (Å²) in [5.74, 6) is -1.13. The Bertz CT molecular complexity index is 356. The molecule has 1 aromatic rings. The zero-order valence-electron chi connectivity index (χ0n) is 8.61. The van der Waals surface area contributed by atoms with E-state index in [0.29, 0.717) is 0 Å². The van der Waals surface area contributed by atoms with Crippen LogP contribution in [0.4, 0.5) is 0 Å². The molecule has 1 rings (SSSR count). The zero-order valence-corrected chi connectivity index (χ0v) is 9.43. The number of thiophene rings is 1. The molecule has 82 valence electrons. The van der Waals surface area contributed by atoms with Crippen molar-refractivity contribution in [1.82, 2.24) is 5.32 Å². The van der Waals surface area contributed by atoms with Crippen molar-refractivity contribution >= 4 is 23.2 Å². The molecule has 15 heavy (non-hydrogen) atoms. The van der Waals surface area contributed by atoms with Crippen LogP contribution in [0, 0.1) is 6.92 Å². The van der Waals surface area contributed by atoms with E-state index in [2.05, 4.69) is 5.32 Å². The minimum absolute atomic E-state index is 0.0824. The molecule has 0 spiro atoms. The van der Waals surface area contributed by atoms with Crippen LogP contribution in [-0.2, 0) is 9.59 Å². The van der Waals surface area contributed by atoms with E-state index in [9.17, 15) is 9.59 Å². The molecule has 0 aliphatic rings. The lowest BCUT2D eigenvalue weighted by Crippen LogP contribution is -2.27. The van der Waals surface area contributed by atoms with Crippen molar-refractivity contribution in [1.29, 1.82) is 0 Å². The number of carboxylic acids is 1. The van der Waals surface area contributed by atoms with Gasteiger partial charge in [0.05, 0.1) is 12.5 Å². The summed E-state index contributed by atoms with van der Waals surface area (Å²) in [5, 5.41) is 13.3. The monoisotopic (exact) mass is 227 g/mol. The number of rotatable bonds is 4. The molecule has 4 nitrogen and oxygen atoms in total. The molecule has 0 fully saturated rings. The molecule has 1 atom stereocenters. The van der Waals surface area contributed by atoms with Crippen LogP contribution >= 0.6 is 11.3 Å². The van der Waals surface area contributed by atoms with Gasteiger partial charge in [-0.1, -0.05) is 0 Å². The van der Waals surface area contributed by atoms with Crippen LogP contribution in [0.1, 0.15) is 29.8 Å². The number of carbonyl (C=O) groups excluding carboxylic acids is 1. The Morgan fingerprint density at radius 2 is 2.27 bits per heavy atom. The van der Waals surface area contributed by atoms with Gasteiger partial charge in [-0.3, -0.25) is 9.59 Å². The summed E-state index contributed by atoms with van der Waals surface area (Å²) in [6.07, 6.45) is -0.0824. The van der Waals surface area contributed by atoms with Crippen molar-refractivity contribution in [3.63, 3.8) is 0 Å². The molecule has 1 heterocycles. The van der Waals surface area contributed by atoms with Gasteiger partial charge in [-0.15, -0.1) is 11.3 Å². The number of aliphatic carboxylic acids is 1. The molecule has 0 aliphatic heterocycles. The molecule has 0 bridgehead atoms. The topological polar surface area (TPSA) is 66.4 Å². The number of hydrogen-bond acceptors (Lipinski definition) is 3. The lowest BCUT2D eigenvalue weighted by Gasteiger charge is -2.15. The SMILES string of the molecule is CC(=O)N[C@@H](CC(=O)O)c1sccc1C. The maximum absolute atomic E-state index is 10.9. The average Bonchev–Trinajstić information content (AvgIpc) is 2.48. The van der Waals surface area contributed by atoms with Crippen molar-refractivity contribution in [3.8, 4) is 0 Å². The van der Waals surface area contributed by atoms with E-state index >= 15 is 0 Å². The number of nitrogens with one attached hydrogen (secondary N) is 1. The van der Waals surface area contributed by atoms with Gasteiger partial charge < -0.3 is 10.4 Å². The van der Waals surface area contributed by atoms with Gasteiger partial charge in [-0.05, 0) is 23.9 Å². The highest BCUT2D eigenvalue weighted by atomic mass is 32.1. The largest absolute Gasteiger partial charge is 0.481 e. The van der Waals surface area contributed by atoms with Gasteiger partial charge in [0.15, 0.2) is 0 Å². The summed E-state index contributed by atoms with van der Waals surface area (Å²) in [6, 6.07) is 1.50. The molecule has 0 unspecified atom stereocenters. The first kappa shape index (κ1) is 11.7. The van der Waals surface area contributed by atoms with E-state index in [0.717, 1.165) is 10.4 Å². The van der Waals surface area contributed by atoms with Crippen LogP contribution in [0.5, 0.6) is 0 Å². The Labute approximate surface area is 91.9 Å². The molecule has 0 saturated carbocycles. The standard InChI is InChI=1S/C10H13NO3S/c1-6-3-4-15-10(6)8(5-9(13)14)11-7(2)12/h3-4,8H,5H2,1-2H3,(H,11,12)(H,13,14)/t8-/m0/s1. The third-order valence-corrected chi connectivity index (χ3v) is 3.11. The van der Waals surface area contributed by atoms with Crippen molar-refractivity contribution in [2.75, 3.05) is 0 Å². The highest BCUT2D eigenvalue weighted by Gasteiger charge is 2.19. The number of carboxylic acid groups (broad SMARTS) is 1. The number of amides is 1. The van der Waals surface area contributed by atoms with E-state index in [-0.39, 0.29) is 12.3 Å². The first-order valence-electron chi connectivity index (χ1n) is 4.53. The summed E-state index contributed by atoms with van der Waals surface area (Å²) < 4.78 is 0. The Morgan fingerprint density at radius 3 is 2.67 bits per heavy atom. The molecule has 0 aliphatic carbocycles. The minimum atomic E-state index is -0.915. The maximum Gasteiger partial charge on any atom is 0.305 e. The second-order valence-electron chi connectivity index (χ2n) is 3.32. The zero-order chi connectivity index (χ0) is 11.4. The van der Waals surface area contributed by atoms with Crippen LogP contribution in [-0.4, -0.2) is 17.0 Å². The summed E-state index contributed by atoms with van der Waals surface area (Å²) >= 11 is 1.46. The van der Waals surface area contributed by atoms with Gasteiger partial charge >= 0.3 is 5.97 Å². The quantitative estimate of drug-likeness (QED) is 0.822. The molecule has 0 saturated heterocycles. The Morgan fingerprint density at radius 1 is 1.60 bits per heavy atom. The summed E-state index contributed by atoms with van der Waals surface area (Å²) in [6.45, 7) is 3.29. The Kier molecular flexibility index (Phi) is 3.85. The van der Waals surface area contributed by atoms with Gasteiger partial charge in [0.1, 0.15) is 0 Å². The fourth-order valence-electron chi connectivity index (χ4n) is 1.37. The number of carbonyl (C=O) groups is 2. The molecular formula is C10H13NO3S. The summed E-state index contributed by atoms with van der Waals surface area (Å²) in [5.41, 5.74) is 1.01. The van der Waals surface area contributed by atoms with Gasteiger partial charge in [0.25, 0.3) is 0 Å². The summed E-state index contributed by atoms with van der Waals surface area (Å²) in [4.78, 5) is 22.5. The highest BCUT2D eigenvalue weighted by Crippen LogP contribution is 2.26. The first-order valence-corrected chi connectivity index (χ1v) is 5.41. The lowest BCUT2D eigenvalue weighted by molar-refractivity contribution is -0.137. The van der Waals surface area contributed by atoms with Crippen LogP contribution in [0.15, 0.2) is 11.4 Å². The Hall–Kier alpha value is -1.36. The molecule has 0 radical (unpaired) electrons. The number of aryl methyl sites for hydroxylation is 1. The van der Waals surface area contributed by atoms with E-state index in [1.165, 1.54) is 18.3 Å². The second-order valence-corrected chi connectivity index (χ2v) is 4.27. The molecule has 5 heteroatoms. The number of hydrogen-bond donors (Lipinski definition) is 2. The minimum Gasteiger partial charge on any atom is -0.481 e. The van der Waals surface area contributed by atoms with Crippen molar-refractivity contribution < 1.29 is 14.7 Å². The van der Waals surface area contributed by atoms with Crippen molar-refractivity contribution in [2.45, 2.75) is 26.3 Å². The van der Waals surface area contributed by atoms with Crippen LogP contribution in [0.3, 0.4) is 0 Å². The predicted molar refractivity (Wildman–Crippen MR) is 57.9 cm³/mol. The normalized spacial score (nSPS) is 12.1. The highest BCUT2D eigenvalue weighted by molar-refractivity contribution is 7.10. The Balaban J connectivity index is 2.85. The third kappa shape index (κ3) is 3.36. The molecule has 1 amide bonds. The molecule has 2 N–H and O–H groups in total. The van der Waals surface area contributed by atoms with Crippen molar-refractivity contribution in [2.24, 2.45) is 0 Å². The average molecular weight is 227 g/mol. The second kappa shape index (κ2) is 4.93. The van der Waals surface area contributed by atoms with E-state index in [1.807, 2.05) is 18.4 Å². The third-order valence-electron chi connectivity index (χ3n) is 1.97. The first-order chi connectivity index (χ1) is 7.00. The smallest absolute Gasteiger partial charge is 0.305 e. The molecular weight excluding hydrogens is 214 g/mol. The van der Waals surface area contributed by atoms with Gasteiger partial charge in [0, 0.05) is 11.8 Å². The van der Waals surface area contributed by atoms with Gasteiger partial charge in [0.2, 0.25) is 5.91 Å². The predicted octanol–water partition coefficient (Wildman–Crippen LogP) is 1.71. The molecule has 1 aromatic heterocycles. The maximum atomic E-state index is 10.9. The van der Waals surface area contributed by atoms with E-state index in [4.69, 9.17) is 5.11 Å². The summed E-state index contributed by atoms with van der Waals surface area (Å²) in [7, 11) is 0. The fourth-order valence-corrected chi connectivity index (χ4v) is 2.35. The van der Waals surface area contributed by atoms with Crippen molar-refractivity contribution in [3.05, 3.63) is 21.9 Å². The van der Waals surface area contributed by atoms with Gasteiger partial charge in [-0.25, -0.2) is 0 Å². The van der Waals surface area contributed by atoms with Crippen LogP contribution < -0.4 is 5.32 Å².